The van der Waals surface area contributed by atoms with Crippen LogP contribution in [0.4, 0.5) is 22.7 Å². The van der Waals surface area contributed by atoms with Crippen LogP contribution >= 0.6 is 0 Å². The number of aromatic nitrogens is 2. The summed E-state index contributed by atoms with van der Waals surface area (Å²) >= 11 is 0. The van der Waals surface area contributed by atoms with Crippen molar-refractivity contribution in [1.29, 1.82) is 0 Å². The van der Waals surface area contributed by atoms with Crippen molar-refractivity contribution in [3.63, 3.8) is 0 Å². The van der Waals surface area contributed by atoms with Gasteiger partial charge in [-0.1, -0.05) is 122 Å². The van der Waals surface area contributed by atoms with E-state index in [-0.39, 0.29) is 37.3 Å². The normalized spacial score (nSPS) is 13.1. The predicted octanol–water partition coefficient (Wildman–Crippen LogP) is 14.5. The van der Waals surface area contributed by atoms with Gasteiger partial charge in [-0.05, 0) is 106 Å². The van der Waals surface area contributed by atoms with E-state index in [9.17, 15) is 0 Å². The average Bonchev–Trinajstić information content (AvgIpc) is 3.76. The number of para-hydroxylation sites is 1. The zero-order valence-electron chi connectivity index (χ0n) is 36.8. The third kappa shape index (κ3) is 7.78. The minimum absolute atomic E-state index is 0. The monoisotopic (exact) mass is 980 g/mol. The molecule has 0 fully saturated rings. The summed E-state index contributed by atoms with van der Waals surface area (Å²) in [4.78, 5) is 9.46. The average molecular weight is 981 g/mol. The van der Waals surface area contributed by atoms with E-state index in [0.717, 1.165) is 55.9 Å². The van der Waals surface area contributed by atoms with Crippen LogP contribution in [0, 0.1) is 32.6 Å². The molecule has 5 nitrogen and oxygen atoms in total. The zero-order valence-corrected chi connectivity index (χ0v) is 39.1. The van der Waals surface area contributed by atoms with Crippen LogP contribution in [0.15, 0.2) is 134 Å². The van der Waals surface area contributed by atoms with Gasteiger partial charge >= 0.3 is 0 Å². The first-order chi connectivity index (χ1) is 28.6. The molecule has 0 aliphatic carbocycles. The fourth-order valence-corrected chi connectivity index (χ4v) is 8.32. The van der Waals surface area contributed by atoms with Crippen molar-refractivity contribution in [3.05, 3.63) is 186 Å². The molecule has 0 amide bonds. The van der Waals surface area contributed by atoms with E-state index in [1.54, 1.807) is 0 Å². The van der Waals surface area contributed by atoms with Gasteiger partial charge in [-0.2, -0.15) is 6.07 Å². The number of hydrogen-bond donors (Lipinski definition) is 0. The van der Waals surface area contributed by atoms with Crippen molar-refractivity contribution >= 4 is 44.6 Å². The molecule has 6 aromatic carbocycles. The van der Waals surface area contributed by atoms with Gasteiger partial charge in [0, 0.05) is 61.3 Å². The first-order valence-corrected chi connectivity index (χ1v) is 21.0. The van der Waals surface area contributed by atoms with E-state index in [2.05, 4.69) is 224 Å². The summed E-state index contributed by atoms with van der Waals surface area (Å²) in [5.41, 5.74) is 13.2. The molecule has 0 spiro atoms. The Bertz CT molecular complexity index is 2910. The summed E-state index contributed by atoms with van der Waals surface area (Å²) < 4.78 is 9.13. The topological polar surface area (TPSA) is 33.5 Å². The Labute approximate surface area is 376 Å². The van der Waals surface area contributed by atoms with E-state index >= 15 is 0 Å². The third-order valence-electron chi connectivity index (χ3n) is 12.3. The van der Waals surface area contributed by atoms with Crippen LogP contribution in [-0.2, 0) is 37.3 Å². The minimum Gasteiger partial charge on any atom is -0.509 e. The molecule has 61 heavy (non-hydrogen) atoms. The molecule has 0 bridgehead atoms. The van der Waals surface area contributed by atoms with Gasteiger partial charge < -0.3 is 19.1 Å². The Balaban J connectivity index is 0.00000514. The van der Waals surface area contributed by atoms with Crippen molar-refractivity contribution in [3.8, 4) is 17.3 Å². The number of rotatable bonds is 7. The van der Waals surface area contributed by atoms with E-state index in [1.165, 1.54) is 27.8 Å². The Morgan fingerprint density at radius 3 is 1.93 bits per heavy atom. The molecule has 0 N–H and O–H groups in total. The van der Waals surface area contributed by atoms with Crippen LogP contribution < -0.4 is 14.5 Å². The molecule has 9 rings (SSSR count). The smallest absolute Gasteiger partial charge is 0.135 e. The second-order valence-corrected chi connectivity index (χ2v) is 18.9. The van der Waals surface area contributed by atoms with Crippen molar-refractivity contribution in [2.24, 2.45) is 0 Å². The molecule has 0 atom stereocenters. The van der Waals surface area contributed by atoms with Crippen LogP contribution in [0.3, 0.4) is 0 Å². The first-order valence-electron chi connectivity index (χ1n) is 21.0. The molecule has 1 aliphatic heterocycles. The summed E-state index contributed by atoms with van der Waals surface area (Å²) in [5, 5.41) is 2.24. The largest absolute Gasteiger partial charge is 0.509 e. The number of ether oxygens (including phenoxy) is 1. The summed E-state index contributed by atoms with van der Waals surface area (Å²) in [7, 11) is 0. The molecule has 8 aromatic rings. The van der Waals surface area contributed by atoms with Crippen LogP contribution in [0.25, 0.3) is 27.6 Å². The number of hydrogen-bond acceptors (Lipinski definition) is 4. The van der Waals surface area contributed by atoms with Crippen molar-refractivity contribution in [1.82, 2.24) is 9.55 Å². The molecule has 0 saturated carbocycles. The second-order valence-electron chi connectivity index (χ2n) is 18.9. The van der Waals surface area contributed by atoms with Crippen LogP contribution in [-0.4, -0.2) is 9.55 Å². The Morgan fingerprint density at radius 1 is 0.557 bits per heavy atom. The Kier molecular flexibility index (Phi) is 10.8. The molecular weight excluding hydrogens is 928 g/mol. The fourth-order valence-electron chi connectivity index (χ4n) is 8.32. The maximum atomic E-state index is 6.92. The molecule has 1 aliphatic rings. The zero-order chi connectivity index (χ0) is 42.1. The van der Waals surface area contributed by atoms with E-state index in [0.29, 0.717) is 11.5 Å². The second kappa shape index (κ2) is 15.7. The number of fused-ring (bicyclic) bond motifs is 4. The molecular formula is C55H53N4OPt-3. The number of anilines is 4. The van der Waals surface area contributed by atoms with E-state index < -0.39 is 0 Å². The van der Waals surface area contributed by atoms with Gasteiger partial charge in [-0.25, -0.2) is 4.98 Å². The van der Waals surface area contributed by atoms with Crippen molar-refractivity contribution < 1.29 is 25.8 Å². The molecule has 6 heteroatoms. The number of nitrogens with zero attached hydrogens (tertiary/aromatic N) is 4. The third-order valence-corrected chi connectivity index (χ3v) is 12.3. The molecule has 0 unspecified atom stereocenters. The number of pyridine rings is 1. The molecule has 0 saturated heterocycles. The summed E-state index contributed by atoms with van der Waals surface area (Å²) in [6.07, 6.45) is 1.91. The standard InChI is InChI=1S/C55H53N4O.Pt/c1-36-27-50-51(28-37(36)2)58(35-57(50)42-20-16-19-39(29-42)53(3,4)5)43-30-41(55(9,10)38-17-12-11-13-18-38)31-45(33-43)60-44-23-24-47-46-21-14-15-22-48(46)59(49(47)34-44)52-32-40(25-26-56-52)54(6,7)8;/h11-32,35H,1-10H3;/q-3;. The molecule has 0 radical (unpaired) electrons. The van der Waals surface area contributed by atoms with Gasteiger partial charge in [0.2, 0.25) is 0 Å². The van der Waals surface area contributed by atoms with E-state index in [1.807, 2.05) is 12.3 Å². The van der Waals surface area contributed by atoms with Crippen molar-refractivity contribution in [2.45, 2.75) is 85.5 Å². The summed E-state index contributed by atoms with van der Waals surface area (Å²) in [6.45, 7) is 24.6. The van der Waals surface area contributed by atoms with E-state index in [4.69, 9.17) is 9.72 Å². The van der Waals surface area contributed by atoms with Crippen molar-refractivity contribution in [2.75, 3.05) is 9.80 Å². The van der Waals surface area contributed by atoms with Gasteiger partial charge in [-0.3, -0.25) is 0 Å². The first kappa shape index (κ1) is 42.1. The van der Waals surface area contributed by atoms with Gasteiger partial charge in [-0.15, -0.1) is 53.6 Å². The molecule has 3 heterocycles. The fraction of sp³-hybridized carbons (Fsp3) is 0.236. The minimum atomic E-state index is -0.348. The summed E-state index contributed by atoms with van der Waals surface area (Å²) in [6, 6.07) is 53.0. The number of aryl methyl sites for hydroxylation is 2. The molecule has 2 aromatic heterocycles. The van der Waals surface area contributed by atoms with Gasteiger partial charge in [0.25, 0.3) is 0 Å². The maximum Gasteiger partial charge on any atom is 0.135 e. The van der Waals surface area contributed by atoms with Gasteiger partial charge in [0.05, 0.1) is 0 Å². The quantitative estimate of drug-likeness (QED) is 0.149. The Morgan fingerprint density at radius 2 is 1.21 bits per heavy atom. The van der Waals surface area contributed by atoms with Gasteiger partial charge in [0.1, 0.15) is 5.82 Å². The van der Waals surface area contributed by atoms with Crippen LogP contribution in [0.2, 0.25) is 0 Å². The number of benzene rings is 6. The Hall–Kier alpha value is -5.64. The maximum absolute atomic E-state index is 6.92. The predicted molar refractivity (Wildman–Crippen MR) is 250 cm³/mol. The van der Waals surface area contributed by atoms with Crippen LogP contribution in [0.5, 0.6) is 11.5 Å². The SMILES string of the molecule is Cc1cc2c(cc1C)N(c1cccc(C(C)(C)C)c1)[CH-]N2c1[c-]c(Oc2[c-]c3c(cc2)c2ccccc2n3-c2cc(C(C)(C)C)ccn2)cc(C(C)(C)c2ccccc2)c1.[Pt]. The van der Waals surface area contributed by atoms with Crippen LogP contribution in [0.1, 0.15) is 88.8 Å². The van der Waals surface area contributed by atoms with Gasteiger partial charge in [0.15, 0.2) is 0 Å². The molecule has 312 valence electrons. The summed E-state index contributed by atoms with van der Waals surface area (Å²) in [5.74, 6) is 2.08.